The first-order chi connectivity index (χ1) is 7.16. The number of thiocarbonyl (C=S) groups is 1. The molecule has 1 N–H and O–H groups in total. The maximum atomic E-state index is 5.47. The van der Waals surface area contributed by atoms with E-state index in [1.165, 1.54) is 25.7 Å². The van der Waals surface area contributed by atoms with Crippen LogP contribution in [0.2, 0.25) is 0 Å². The molecule has 1 saturated carbocycles. The van der Waals surface area contributed by atoms with E-state index in [2.05, 4.69) is 24.1 Å². The lowest BCUT2D eigenvalue weighted by Crippen LogP contribution is -2.42. The SMILES string of the molecule is CC1CN(C(=S)NC2CCCC2)CC1C. The van der Waals surface area contributed by atoms with Crippen LogP contribution < -0.4 is 5.32 Å². The van der Waals surface area contributed by atoms with Gasteiger partial charge >= 0.3 is 0 Å². The van der Waals surface area contributed by atoms with Crippen molar-refractivity contribution in [3.8, 4) is 0 Å². The van der Waals surface area contributed by atoms with Crippen LogP contribution in [0, 0.1) is 11.8 Å². The molecule has 0 spiro atoms. The molecule has 0 aromatic carbocycles. The highest BCUT2D eigenvalue weighted by Crippen LogP contribution is 2.23. The highest BCUT2D eigenvalue weighted by Gasteiger charge is 2.28. The van der Waals surface area contributed by atoms with Gasteiger partial charge in [0.1, 0.15) is 0 Å². The second-order valence-corrected chi connectivity index (χ2v) is 5.68. The van der Waals surface area contributed by atoms with E-state index < -0.39 is 0 Å². The van der Waals surface area contributed by atoms with Crippen molar-refractivity contribution in [3.63, 3.8) is 0 Å². The molecule has 0 aromatic heterocycles. The Morgan fingerprint density at radius 3 is 2.20 bits per heavy atom. The van der Waals surface area contributed by atoms with Crippen LogP contribution in [0.5, 0.6) is 0 Å². The van der Waals surface area contributed by atoms with Crippen LogP contribution in [0.4, 0.5) is 0 Å². The summed E-state index contributed by atoms with van der Waals surface area (Å²) >= 11 is 5.47. The Morgan fingerprint density at radius 2 is 1.67 bits per heavy atom. The minimum Gasteiger partial charge on any atom is -0.360 e. The first kappa shape index (κ1) is 11.2. The molecule has 0 bridgehead atoms. The summed E-state index contributed by atoms with van der Waals surface area (Å²) in [6, 6.07) is 0.656. The minimum atomic E-state index is 0.656. The fraction of sp³-hybridized carbons (Fsp3) is 0.917. The molecule has 86 valence electrons. The summed E-state index contributed by atoms with van der Waals surface area (Å²) in [5.74, 6) is 1.57. The topological polar surface area (TPSA) is 15.3 Å². The van der Waals surface area contributed by atoms with Gasteiger partial charge in [-0.05, 0) is 36.9 Å². The molecular formula is C12H22N2S. The first-order valence-electron chi connectivity index (χ1n) is 6.22. The summed E-state index contributed by atoms with van der Waals surface area (Å²) in [4.78, 5) is 2.35. The van der Waals surface area contributed by atoms with Gasteiger partial charge in [-0.3, -0.25) is 0 Å². The highest BCUT2D eigenvalue weighted by molar-refractivity contribution is 7.80. The van der Waals surface area contributed by atoms with Crippen LogP contribution in [0.15, 0.2) is 0 Å². The van der Waals surface area contributed by atoms with Crippen molar-refractivity contribution in [1.82, 2.24) is 10.2 Å². The number of nitrogens with zero attached hydrogens (tertiary/aromatic N) is 1. The fourth-order valence-corrected chi connectivity index (χ4v) is 2.95. The zero-order chi connectivity index (χ0) is 10.8. The van der Waals surface area contributed by atoms with Crippen molar-refractivity contribution in [3.05, 3.63) is 0 Å². The molecule has 1 saturated heterocycles. The van der Waals surface area contributed by atoms with Crippen LogP contribution in [-0.2, 0) is 0 Å². The Morgan fingerprint density at radius 1 is 1.13 bits per heavy atom. The Hall–Kier alpha value is -0.310. The van der Waals surface area contributed by atoms with Crippen molar-refractivity contribution >= 4 is 17.3 Å². The van der Waals surface area contributed by atoms with Gasteiger partial charge in [0.15, 0.2) is 5.11 Å². The van der Waals surface area contributed by atoms with Crippen LogP contribution in [0.3, 0.4) is 0 Å². The van der Waals surface area contributed by atoms with E-state index >= 15 is 0 Å². The number of hydrogen-bond donors (Lipinski definition) is 1. The molecule has 2 fully saturated rings. The van der Waals surface area contributed by atoms with Gasteiger partial charge in [-0.25, -0.2) is 0 Å². The molecule has 1 aliphatic heterocycles. The molecule has 0 aromatic rings. The van der Waals surface area contributed by atoms with Crippen LogP contribution in [-0.4, -0.2) is 29.1 Å². The van der Waals surface area contributed by atoms with Crippen LogP contribution in [0.25, 0.3) is 0 Å². The average Bonchev–Trinajstić information content (AvgIpc) is 2.78. The van der Waals surface area contributed by atoms with Crippen molar-refractivity contribution in [2.45, 2.75) is 45.6 Å². The average molecular weight is 226 g/mol. The first-order valence-corrected chi connectivity index (χ1v) is 6.63. The van der Waals surface area contributed by atoms with Crippen molar-refractivity contribution in [2.24, 2.45) is 11.8 Å². The highest BCUT2D eigenvalue weighted by atomic mass is 32.1. The minimum absolute atomic E-state index is 0.656. The summed E-state index contributed by atoms with van der Waals surface area (Å²) in [7, 11) is 0. The van der Waals surface area contributed by atoms with E-state index in [0.29, 0.717) is 6.04 Å². The molecule has 15 heavy (non-hydrogen) atoms. The predicted molar refractivity (Wildman–Crippen MR) is 67.9 cm³/mol. The lowest BCUT2D eigenvalue weighted by atomic mass is 10.0. The smallest absolute Gasteiger partial charge is 0.169 e. The van der Waals surface area contributed by atoms with Gasteiger partial charge in [0.25, 0.3) is 0 Å². The third-order valence-electron chi connectivity index (χ3n) is 3.96. The van der Waals surface area contributed by atoms with E-state index in [0.717, 1.165) is 30.0 Å². The largest absolute Gasteiger partial charge is 0.360 e. The Balaban J connectivity index is 1.81. The quantitative estimate of drug-likeness (QED) is 0.691. The monoisotopic (exact) mass is 226 g/mol. The number of hydrogen-bond acceptors (Lipinski definition) is 1. The molecule has 2 atom stereocenters. The zero-order valence-electron chi connectivity index (χ0n) is 9.83. The second-order valence-electron chi connectivity index (χ2n) is 5.29. The number of rotatable bonds is 1. The van der Waals surface area contributed by atoms with E-state index in [1.54, 1.807) is 0 Å². The van der Waals surface area contributed by atoms with Gasteiger partial charge < -0.3 is 10.2 Å². The lowest BCUT2D eigenvalue weighted by Gasteiger charge is -2.23. The Bertz CT molecular complexity index is 226. The van der Waals surface area contributed by atoms with Gasteiger partial charge in [0.05, 0.1) is 0 Å². The lowest BCUT2D eigenvalue weighted by molar-refractivity contribution is 0.467. The molecule has 2 aliphatic rings. The second kappa shape index (κ2) is 4.69. The van der Waals surface area contributed by atoms with Crippen LogP contribution >= 0.6 is 12.2 Å². The van der Waals surface area contributed by atoms with E-state index in [4.69, 9.17) is 12.2 Å². The normalized spacial score (nSPS) is 32.3. The number of nitrogens with one attached hydrogen (secondary N) is 1. The summed E-state index contributed by atoms with van der Waals surface area (Å²) in [6.07, 6.45) is 5.35. The molecule has 2 nitrogen and oxygen atoms in total. The summed E-state index contributed by atoms with van der Waals surface area (Å²) in [6.45, 7) is 6.92. The van der Waals surface area contributed by atoms with Crippen molar-refractivity contribution < 1.29 is 0 Å². The fourth-order valence-electron chi connectivity index (χ4n) is 2.63. The molecule has 3 heteroatoms. The van der Waals surface area contributed by atoms with Gasteiger partial charge in [0, 0.05) is 19.1 Å². The third kappa shape index (κ3) is 2.63. The van der Waals surface area contributed by atoms with Gasteiger partial charge in [0.2, 0.25) is 0 Å². The summed E-state index contributed by atoms with van der Waals surface area (Å²) < 4.78 is 0. The molecular weight excluding hydrogens is 204 g/mol. The summed E-state index contributed by atoms with van der Waals surface area (Å²) in [5, 5.41) is 4.52. The predicted octanol–water partition coefficient (Wildman–Crippen LogP) is 2.39. The van der Waals surface area contributed by atoms with Gasteiger partial charge in [-0.1, -0.05) is 26.7 Å². The maximum Gasteiger partial charge on any atom is 0.169 e. The Labute approximate surface area is 98.4 Å². The maximum absolute atomic E-state index is 5.47. The molecule has 2 rings (SSSR count). The third-order valence-corrected chi connectivity index (χ3v) is 4.33. The zero-order valence-corrected chi connectivity index (χ0v) is 10.6. The van der Waals surface area contributed by atoms with Crippen molar-refractivity contribution in [2.75, 3.05) is 13.1 Å². The molecule has 0 amide bonds. The standard InChI is InChI=1S/C12H22N2S/c1-9-7-14(8-10(9)2)12(15)13-11-5-3-4-6-11/h9-11H,3-8H2,1-2H3,(H,13,15). The summed E-state index contributed by atoms with van der Waals surface area (Å²) in [5.41, 5.74) is 0. The Kier molecular flexibility index (Phi) is 3.49. The van der Waals surface area contributed by atoms with E-state index in [-0.39, 0.29) is 0 Å². The van der Waals surface area contributed by atoms with E-state index in [1.807, 2.05) is 0 Å². The molecule has 0 radical (unpaired) electrons. The molecule has 2 unspecified atom stereocenters. The number of likely N-dealkylation sites (tertiary alicyclic amines) is 1. The van der Waals surface area contributed by atoms with Crippen molar-refractivity contribution in [1.29, 1.82) is 0 Å². The van der Waals surface area contributed by atoms with Crippen LogP contribution in [0.1, 0.15) is 39.5 Å². The van der Waals surface area contributed by atoms with Gasteiger partial charge in [-0.15, -0.1) is 0 Å². The molecule has 1 heterocycles. The van der Waals surface area contributed by atoms with Gasteiger partial charge in [-0.2, -0.15) is 0 Å². The molecule has 1 aliphatic carbocycles. The van der Waals surface area contributed by atoms with E-state index in [9.17, 15) is 0 Å².